The Balaban J connectivity index is 2.48. The number of benzene rings is 2. The highest BCUT2D eigenvalue weighted by Gasteiger charge is 2.16. The van der Waals surface area contributed by atoms with Crippen molar-refractivity contribution in [1.29, 1.82) is 0 Å². The number of carbonyl (C=O) groups excluding carboxylic acids is 1. The molecule has 2 N–H and O–H groups in total. The Morgan fingerprint density at radius 2 is 1.81 bits per heavy atom. The summed E-state index contributed by atoms with van der Waals surface area (Å²) in [6.07, 6.45) is -0.172. The van der Waals surface area contributed by atoms with E-state index < -0.39 is 0 Å². The van der Waals surface area contributed by atoms with Crippen molar-refractivity contribution < 1.29 is 9.53 Å². The summed E-state index contributed by atoms with van der Waals surface area (Å²) in [5.41, 5.74) is 9.85. The van der Waals surface area contributed by atoms with Gasteiger partial charge < -0.3 is 10.5 Å². The molecule has 0 aliphatic rings. The van der Waals surface area contributed by atoms with Gasteiger partial charge in [0.15, 0.2) is 0 Å². The quantitative estimate of drug-likeness (QED) is 0.653. The van der Waals surface area contributed by atoms with Crippen LogP contribution in [-0.4, -0.2) is 12.1 Å². The number of nitrogen functional groups attached to an aromatic ring is 1. The molecule has 0 aliphatic carbocycles. The minimum atomic E-state index is -0.388. The summed E-state index contributed by atoms with van der Waals surface area (Å²) in [5, 5.41) is 0. The molecule has 110 valence electrons. The third-order valence-corrected chi connectivity index (χ3v) is 3.64. The summed E-state index contributed by atoms with van der Waals surface area (Å²) in [7, 11) is 0. The number of nitrogens with two attached hydrogens (primary N) is 1. The average molecular weight is 348 g/mol. The number of hydrogen-bond donors (Lipinski definition) is 1. The molecule has 0 amide bonds. The van der Waals surface area contributed by atoms with Gasteiger partial charge in [-0.25, -0.2) is 4.79 Å². The highest BCUT2D eigenvalue weighted by molar-refractivity contribution is 9.10. The van der Waals surface area contributed by atoms with E-state index in [2.05, 4.69) is 15.9 Å². The zero-order valence-electron chi connectivity index (χ0n) is 12.3. The summed E-state index contributed by atoms with van der Waals surface area (Å²) in [4.78, 5) is 12.1. The lowest BCUT2D eigenvalue weighted by atomic mass is 9.97. The second-order valence-corrected chi connectivity index (χ2v) is 6.13. The Labute approximate surface area is 133 Å². The summed E-state index contributed by atoms with van der Waals surface area (Å²) in [5.74, 6) is -0.388. The van der Waals surface area contributed by atoms with Crippen molar-refractivity contribution >= 4 is 27.6 Å². The Kier molecular flexibility index (Phi) is 4.68. The molecule has 0 unspecified atom stereocenters. The van der Waals surface area contributed by atoms with Crippen LogP contribution in [0.1, 0.15) is 29.8 Å². The highest BCUT2D eigenvalue weighted by atomic mass is 79.9. The molecule has 3 nitrogen and oxygen atoms in total. The van der Waals surface area contributed by atoms with Gasteiger partial charge in [-0.05, 0) is 61.7 Å². The van der Waals surface area contributed by atoms with Crippen LogP contribution < -0.4 is 5.73 Å². The Morgan fingerprint density at radius 3 is 2.38 bits per heavy atom. The number of halogens is 1. The SMILES string of the molecule is Cc1cc(N)c(C(=O)OC(C)C)cc1-c1ccc(Br)cc1. The zero-order chi connectivity index (χ0) is 15.6. The van der Waals surface area contributed by atoms with Gasteiger partial charge in [-0.15, -0.1) is 0 Å². The van der Waals surface area contributed by atoms with E-state index in [0.29, 0.717) is 11.3 Å². The minimum absolute atomic E-state index is 0.172. The van der Waals surface area contributed by atoms with E-state index in [1.165, 1.54) is 0 Å². The molecule has 0 bridgehead atoms. The average Bonchev–Trinajstić information content (AvgIpc) is 2.39. The lowest BCUT2D eigenvalue weighted by molar-refractivity contribution is 0.0379. The molecule has 2 aromatic carbocycles. The van der Waals surface area contributed by atoms with E-state index in [1.54, 1.807) is 6.07 Å². The molecule has 4 heteroatoms. The van der Waals surface area contributed by atoms with Crippen LogP contribution in [0.3, 0.4) is 0 Å². The lowest BCUT2D eigenvalue weighted by Gasteiger charge is -2.13. The van der Waals surface area contributed by atoms with Crippen LogP contribution in [0.25, 0.3) is 11.1 Å². The molecule has 0 heterocycles. The van der Waals surface area contributed by atoms with E-state index in [-0.39, 0.29) is 12.1 Å². The Hall–Kier alpha value is -1.81. The fraction of sp³-hybridized carbons (Fsp3) is 0.235. The van der Waals surface area contributed by atoms with Crippen LogP contribution >= 0.6 is 15.9 Å². The summed E-state index contributed by atoms with van der Waals surface area (Å²) in [6, 6.07) is 11.6. The number of aryl methyl sites for hydroxylation is 1. The van der Waals surface area contributed by atoms with Gasteiger partial charge in [0.1, 0.15) is 0 Å². The van der Waals surface area contributed by atoms with Crippen molar-refractivity contribution in [3.63, 3.8) is 0 Å². The van der Waals surface area contributed by atoms with Gasteiger partial charge >= 0.3 is 5.97 Å². The first-order valence-electron chi connectivity index (χ1n) is 6.75. The maximum absolute atomic E-state index is 12.1. The maximum Gasteiger partial charge on any atom is 0.340 e. The van der Waals surface area contributed by atoms with Gasteiger partial charge in [-0.3, -0.25) is 0 Å². The van der Waals surface area contributed by atoms with Gasteiger partial charge in [0, 0.05) is 10.2 Å². The third-order valence-electron chi connectivity index (χ3n) is 3.11. The maximum atomic E-state index is 12.1. The molecule has 0 atom stereocenters. The number of anilines is 1. The molecule has 0 spiro atoms. The standard InChI is InChI=1S/C17H18BrNO2/c1-10(2)21-17(20)15-9-14(11(3)8-16(15)19)12-4-6-13(18)7-5-12/h4-10H,19H2,1-3H3. The Morgan fingerprint density at radius 1 is 1.19 bits per heavy atom. The molecule has 0 fully saturated rings. The third kappa shape index (κ3) is 3.64. The molecule has 0 radical (unpaired) electrons. The van der Waals surface area contributed by atoms with Crippen LogP contribution in [0.2, 0.25) is 0 Å². The summed E-state index contributed by atoms with van der Waals surface area (Å²) in [6.45, 7) is 5.61. The van der Waals surface area contributed by atoms with Gasteiger partial charge in [0.25, 0.3) is 0 Å². The highest BCUT2D eigenvalue weighted by Crippen LogP contribution is 2.29. The molecule has 21 heavy (non-hydrogen) atoms. The number of esters is 1. The van der Waals surface area contributed by atoms with Crippen LogP contribution in [0, 0.1) is 6.92 Å². The minimum Gasteiger partial charge on any atom is -0.459 e. The van der Waals surface area contributed by atoms with E-state index in [9.17, 15) is 4.79 Å². The lowest BCUT2D eigenvalue weighted by Crippen LogP contribution is -2.13. The fourth-order valence-corrected chi connectivity index (χ4v) is 2.39. The van der Waals surface area contributed by atoms with Crippen molar-refractivity contribution in [2.24, 2.45) is 0 Å². The molecular formula is C17H18BrNO2. The molecule has 2 aromatic rings. The number of ether oxygens (including phenoxy) is 1. The molecule has 2 rings (SSSR count). The van der Waals surface area contributed by atoms with Crippen LogP contribution in [0.4, 0.5) is 5.69 Å². The second-order valence-electron chi connectivity index (χ2n) is 5.22. The monoisotopic (exact) mass is 347 g/mol. The first-order valence-corrected chi connectivity index (χ1v) is 7.55. The first kappa shape index (κ1) is 15.6. The number of carbonyl (C=O) groups is 1. The molecular weight excluding hydrogens is 330 g/mol. The van der Waals surface area contributed by atoms with E-state index in [4.69, 9.17) is 10.5 Å². The van der Waals surface area contributed by atoms with Crippen molar-refractivity contribution in [1.82, 2.24) is 0 Å². The van der Waals surface area contributed by atoms with Crippen LogP contribution in [-0.2, 0) is 4.74 Å². The van der Waals surface area contributed by atoms with Crippen LogP contribution in [0.5, 0.6) is 0 Å². The fourth-order valence-electron chi connectivity index (χ4n) is 2.13. The van der Waals surface area contributed by atoms with E-state index in [1.807, 2.05) is 51.1 Å². The zero-order valence-corrected chi connectivity index (χ0v) is 13.9. The largest absolute Gasteiger partial charge is 0.459 e. The first-order chi connectivity index (χ1) is 9.88. The molecule has 0 aliphatic heterocycles. The molecule has 0 saturated heterocycles. The van der Waals surface area contributed by atoms with Crippen LogP contribution in [0.15, 0.2) is 40.9 Å². The molecule has 0 saturated carbocycles. The van der Waals surface area contributed by atoms with Gasteiger partial charge in [-0.1, -0.05) is 28.1 Å². The topological polar surface area (TPSA) is 52.3 Å². The predicted molar refractivity (Wildman–Crippen MR) is 89.3 cm³/mol. The molecule has 0 aromatic heterocycles. The van der Waals surface area contributed by atoms with E-state index in [0.717, 1.165) is 21.2 Å². The van der Waals surface area contributed by atoms with Crippen molar-refractivity contribution in [3.8, 4) is 11.1 Å². The second kappa shape index (κ2) is 6.31. The van der Waals surface area contributed by atoms with E-state index >= 15 is 0 Å². The normalized spacial score (nSPS) is 10.7. The smallest absolute Gasteiger partial charge is 0.340 e. The van der Waals surface area contributed by atoms with Gasteiger partial charge in [0.05, 0.1) is 11.7 Å². The van der Waals surface area contributed by atoms with Gasteiger partial charge in [-0.2, -0.15) is 0 Å². The predicted octanol–water partition coefficient (Wildman–Crippen LogP) is 4.57. The van der Waals surface area contributed by atoms with Crippen molar-refractivity contribution in [2.45, 2.75) is 26.9 Å². The number of hydrogen-bond acceptors (Lipinski definition) is 3. The van der Waals surface area contributed by atoms with Gasteiger partial charge in [0.2, 0.25) is 0 Å². The summed E-state index contributed by atoms with van der Waals surface area (Å²) >= 11 is 3.42. The van der Waals surface area contributed by atoms with Crippen molar-refractivity contribution in [2.75, 3.05) is 5.73 Å². The number of rotatable bonds is 3. The summed E-state index contributed by atoms with van der Waals surface area (Å²) < 4.78 is 6.25. The van der Waals surface area contributed by atoms with Crippen molar-refractivity contribution in [3.05, 3.63) is 52.0 Å². The Bertz CT molecular complexity index is 663.